The predicted molar refractivity (Wildman–Crippen MR) is 159 cm³/mol. The monoisotopic (exact) mass is 612 g/mol. The molecule has 0 atom stereocenters. The number of thiophene rings is 1. The van der Waals surface area contributed by atoms with Gasteiger partial charge in [0.1, 0.15) is 23.9 Å². The second-order valence-electron chi connectivity index (χ2n) is 9.41. The van der Waals surface area contributed by atoms with Crippen molar-refractivity contribution in [1.82, 2.24) is 9.80 Å². The lowest BCUT2D eigenvalue weighted by atomic mass is 10.1. The number of aromatic hydroxyl groups is 1. The molecule has 1 aliphatic rings. The number of benzene rings is 3. The summed E-state index contributed by atoms with van der Waals surface area (Å²) in [6, 6.07) is 21.3. The van der Waals surface area contributed by atoms with Gasteiger partial charge < -0.3 is 24.1 Å². The molecule has 7 nitrogen and oxygen atoms in total. The van der Waals surface area contributed by atoms with Crippen molar-refractivity contribution in [2.75, 3.05) is 60.1 Å². The van der Waals surface area contributed by atoms with Crippen LogP contribution >= 0.6 is 27.3 Å². The van der Waals surface area contributed by atoms with E-state index in [0.717, 1.165) is 81.5 Å². The number of halogens is 1. The minimum atomic E-state index is -0.175. The molecule has 39 heavy (non-hydrogen) atoms. The zero-order chi connectivity index (χ0) is 27.2. The number of rotatable bonds is 11. The van der Waals surface area contributed by atoms with Gasteiger partial charge in [0.25, 0.3) is 0 Å². The fraction of sp³-hybridized carbons (Fsp3) is 0.333. The highest BCUT2D eigenvalue weighted by Gasteiger charge is 2.20. The zero-order valence-electron chi connectivity index (χ0n) is 22.1. The first-order chi connectivity index (χ1) is 19.0. The third-order valence-electron chi connectivity index (χ3n) is 6.85. The Hall–Kier alpha value is -2.66. The second kappa shape index (κ2) is 13.1. The summed E-state index contributed by atoms with van der Waals surface area (Å²) in [5.41, 5.74) is 1.06. The van der Waals surface area contributed by atoms with Crippen molar-refractivity contribution in [2.24, 2.45) is 0 Å². The number of nitrogens with zero attached hydrogens (tertiary/aromatic N) is 2. The number of hydrogen-bond acceptors (Lipinski definition) is 8. The number of fused-ring (bicyclic) bond motifs is 1. The Kier molecular flexibility index (Phi) is 9.39. The summed E-state index contributed by atoms with van der Waals surface area (Å²) >= 11 is 5.11. The van der Waals surface area contributed by atoms with Crippen LogP contribution in [0.2, 0.25) is 0 Å². The van der Waals surface area contributed by atoms with E-state index in [9.17, 15) is 5.11 Å². The van der Waals surface area contributed by atoms with Crippen LogP contribution in [0.15, 0.2) is 71.2 Å². The third kappa shape index (κ3) is 7.11. The highest BCUT2D eigenvalue weighted by atomic mass is 79.9. The molecule has 3 aromatic carbocycles. The van der Waals surface area contributed by atoms with Crippen molar-refractivity contribution in [3.05, 3.63) is 71.2 Å². The van der Waals surface area contributed by atoms with Crippen molar-refractivity contribution < 1.29 is 24.1 Å². The van der Waals surface area contributed by atoms with E-state index in [1.54, 1.807) is 37.7 Å². The lowest BCUT2D eigenvalue weighted by molar-refractivity contribution is -0.119. The molecule has 0 saturated carbocycles. The number of phenolic OH excluding ortho intramolecular Hbond substituents is 1. The molecule has 0 spiro atoms. The second-order valence-corrected chi connectivity index (χ2v) is 11.4. The number of phenols is 1. The Morgan fingerprint density at radius 3 is 2.23 bits per heavy atom. The van der Waals surface area contributed by atoms with E-state index in [1.165, 1.54) is 0 Å². The SMILES string of the molecule is COC(CN1CCN(CCOc2ccc(Oc3c(-c4ccc(Br)cc4)sc4cc(O)ccc34)cc2)CC1)OC. The molecular weight excluding hydrogens is 580 g/mol. The number of ether oxygens (including phenoxy) is 4. The van der Waals surface area contributed by atoms with Crippen LogP contribution in [0.3, 0.4) is 0 Å². The predicted octanol–water partition coefficient (Wildman–Crippen LogP) is 6.44. The van der Waals surface area contributed by atoms with Crippen LogP contribution in [0, 0.1) is 0 Å². The van der Waals surface area contributed by atoms with Gasteiger partial charge in [-0.25, -0.2) is 0 Å². The minimum Gasteiger partial charge on any atom is -0.508 e. The van der Waals surface area contributed by atoms with Crippen molar-refractivity contribution >= 4 is 37.4 Å². The van der Waals surface area contributed by atoms with E-state index in [1.807, 2.05) is 42.5 Å². The standard InChI is InChI=1S/C30H33BrN2O5S/c1-35-28(36-2)20-33-15-13-32(14-16-33)17-18-37-24-8-10-25(11-9-24)38-29-26-12-7-23(34)19-27(26)39-30(29)21-3-5-22(31)6-4-21/h3-12,19,28,34H,13-18,20H2,1-2H3. The molecule has 1 saturated heterocycles. The van der Waals surface area contributed by atoms with Gasteiger partial charge in [-0.15, -0.1) is 11.3 Å². The third-order valence-corrected chi connectivity index (χ3v) is 8.56. The molecule has 1 N–H and O–H groups in total. The molecule has 1 aromatic heterocycles. The molecule has 1 fully saturated rings. The van der Waals surface area contributed by atoms with Gasteiger partial charge in [0.15, 0.2) is 12.0 Å². The smallest absolute Gasteiger partial charge is 0.169 e. The molecule has 2 heterocycles. The summed E-state index contributed by atoms with van der Waals surface area (Å²) in [5.74, 6) is 2.58. The van der Waals surface area contributed by atoms with Crippen LogP contribution in [-0.2, 0) is 9.47 Å². The number of methoxy groups -OCH3 is 2. The summed E-state index contributed by atoms with van der Waals surface area (Å²) in [6.45, 7) is 6.30. The molecule has 206 valence electrons. The Bertz CT molecular complexity index is 1350. The normalized spacial score (nSPS) is 14.8. The molecule has 4 aromatic rings. The average molecular weight is 614 g/mol. The summed E-state index contributed by atoms with van der Waals surface area (Å²) in [4.78, 5) is 5.81. The fourth-order valence-electron chi connectivity index (χ4n) is 4.62. The molecule has 5 rings (SSSR count). The van der Waals surface area contributed by atoms with Crippen molar-refractivity contribution in [3.63, 3.8) is 0 Å². The maximum atomic E-state index is 10.0. The van der Waals surface area contributed by atoms with Gasteiger partial charge in [-0.2, -0.15) is 0 Å². The first kappa shape index (κ1) is 27.9. The highest BCUT2D eigenvalue weighted by molar-refractivity contribution is 9.10. The molecule has 0 radical (unpaired) electrons. The fourth-order valence-corrected chi connectivity index (χ4v) is 6.05. The first-order valence-corrected chi connectivity index (χ1v) is 14.6. The maximum absolute atomic E-state index is 10.0. The topological polar surface area (TPSA) is 63.6 Å². The maximum Gasteiger partial charge on any atom is 0.169 e. The molecular formula is C30H33BrN2O5S. The Labute approximate surface area is 241 Å². The summed E-state index contributed by atoms with van der Waals surface area (Å²) in [7, 11) is 3.36. The Morgan fingerprint density at radius 2 is 1.54 bits per heavy atom. The van der Waals surface area contributed by atoms with Gasteiger partial charge in [-0.3, -0.25) is 9.80 Å². The van der Waals surface area contributed by atoms with Crippen molar-refractivity contribution in [3.8, 4) is 33.4 Å². The summed E-state index contributed by atoms with van der Waals surface area (Å²) in [6.07, 6.45) is -0.175. The molecule has 0 bridgehead atoms. The van der Waals surface area contributed by atoms with E-state index in [2.05, 4.69) is 37.9 Å². The van der Waals surface area contributed by atoms with Gasteiger partial charge in [0, 0.05) is 68.0 Å². The van der Waals surface area contributed by atoms with Crippen LogP contribution in [0.25, 0.3) is 20.5 Å². The number of piperazine rings is 1. The van der Waals surface area contributed by atoms with Gasteiger partial charge in [-0.05, 0) is 60.2 Å². The molecule has 0 unspecified atom stereocenters. The number of hydrogen-bond donors (Lipinski definition) is 1. The minimum absolute atomic E-state index is 0.175. The van der Waals surface area contributed by atoms with Crippen LogP contribution in [-0.4, -0.2) is 81.3 Å². The Balaban J connectivity index is 1.18. The van der Waals surface area contributed by atoms with Crippen LogP contribution in [0.4, 0.5) is 0 Å². The van der Waals surface area contributed by atoms with E-state index >= 15 is 0 Å². The molecule has 0 aliphatic carbocycles. The van der Waals surface area contributed by atoms with E-state index in [-0.39, 0.29) is 12.0 Å². The lowest BCUT2D eigenvalue weighted by Crippen LogP contribution is -2.49. The van der Waals surface area contributed by atoms with Gasteiger partial charge in [-0.1, -0.05) is 28.1 Å². The highest BCUT2D eigenvalue weighted by Crippen LogP contribution is 2.47. The van der Waals surface area contributed by atoms with Crippen LogP contribution in [0.5, 0.6) is 23.0 Å². The summed E-state index contributed by atoms with van der Waals surface area (Å²) < 4.78 is 25.1. The van der Waals surface area contributed by atoms with E-state index in [4.69, 9.17) is 18.9 Å². The summed E-state index contributed by atoms with van der Waals surface area (Å²) in [5, 5.41) is 11.0. The van der Waals surface area contributed by atoms with E-state index < -0.39 is 0 Å². The van der Waals surface area contributed by atoms with Crippen molar-refractivity contribution in [2.45, 2.75) is 6.29 Å². The molecule has 1 aliphatic heterocycles. The van der Waals surface area contributed by atoms with Gasteiger partial charge >= 0.3 is 0 Å². The van der Waals surface area contributed by atoms with Gasteiger partial charge in [0.2, 0.25) is 0 Å². The largest absolute Gasteiger partial charge is 0.508 e. The molecule has 0 amide bonds. The quantitative estimate of drug-likeness (QED) is 0.195. The van der Waals surface area contributed by atoms with Crippen molar-refractivity contribution in [1.29, 1.82) is 0 Å². The zero-order valence-corrected chi connectivity index (χ0v) is 24.5. The Morgan fingerprint density at radius 1 is 0.872 bits per heavy atom. The van der Waals surface area contributed by atoms with Gasteiger partial charge in [0.05, 0.1) is 4.88 Å². The van der Waals surface area contributed by atoms with Crippen LogP contribution in [0.1, 0.15) is 0 Å². The molecule has 9 heteroatoms. The first-order valence-electron chi connectivity index (χ1n) is 12.9. The lowest BCUT2D eigenvalue weighted by Gasteiger charge is -2.35. The average Bonchev–Trinajstić information content (AvgIpc) is 3.30. The van der Waals surface area contributed by atoms with Crippen LogP contribution < -0.4 is 9.47 Å². The van der Waals surface area contributed by atoms with E-state index in [0.29, 0.717) is 6.61 Å².